The molecule has 1 aliphatic heterocycles. The summed E-state index contributed by atoms with van der Waals surface area (Å²) in [4.78, 5) is 2.36. The fourth-order valence-corrected chi connectivity index (χ4v) is 4.37. The van der Waals surface area contributed by atoms with Gasteiger partial charge in [0.25, 0.3) is 10.0 Å². The standard InChI is InChI=1S/C12H19ClN4O2S/c13-7-11-8-14-15-12(11)20(18,19)17-5-3-16(4-6-17)9-10-1-2-10/h8,10H,1-7,9H2,(H,14,15). The SMILES string of the molecule is O=S(=O)(c1[nH]ncc1CCl)N1CCN(CC2CC2)CC1. The Morgan fingerprint density at radius 1 is 1.30 bits per heavy atom. The number of piperazine rings is 1. The Morgan fingerprint density at radius 2 is 2.00 bits per heavy atom. The molecule has 1 aromatic heterocycles. The van der Waals surface area contributed by atoms with Gasteiger partial charge in [-0.05, 0) is 18.8 Å². The number of sulfonamides is 1. The highest BCUT2D eigenvalue weighted by Gasteiger charge is 2.33. The molecular weight excluding hydrogens is 300 g/mol. The van der Waals surface area contributed by atoms with Crippen molar-refractivity contribution in [2.24, 2.45) is 5.92 Å². The molecule has 1 aromatic rings. The first-order valence-electron chi connectivity index (χ1n) is 6.92. The van der Waals surface area contributed by atoms with Crippen molar-refractivity contribution < 1.29 is 8.42 Å². The van der Waals surface area contributed by atoms with E-state index in [0.717, 1.165) is 25.6 Å². The topological polar surface area (TPSA) is 69.3 Å². The van der Waals surface area contributed by atoms with Gasteiger partial charge in [-0.15, -0.1) is 11.6 Å². The van der Waals surface area contributed by atoms with E-state index in [1.807, 2.05) is 0 Å². The Bertz CT molecular complexity index is 562. The zero-order valence-electron chi connectivity index (χ0n) is 11.3. The first-order valence-corrected chi connectivity index (χ1v) is 8.89. The zero-order valence-corrected chi connectivity index (χ0v) is 12.8. The van der Waals surface area contributed by atoms with Crippen LogP contribution in [0.3, 0.4) is 0 Å². The highest BCUT2D eigenvalue weighted by molar-refractivity contribution is 7.89. The molecule has 1 saturated heterocycles. The van der Waals surface area contributed by atoms with Crippen LogP contribution in [0.25, 0.3) is 0 Å². The number of nitrogens with one attached hydrogen (secondary N) is 1. The number of rotatable bonds is 5. The van der Waals surface area contributed by atoms with Gasteiger partial charge in [-0.3, -0.25) is 5.10 Å². The van der Waals surface area contributed by atoms with Crippen LogP contribution in [0.1, 0.15) is 18.4 Å². The third-order valence-corrected chi connectivity index (χ3v) is 6.17. The van der Waals surface area contributed by atoms with E-state index in [2.05, 4.69) is 15.1 Å². The van der Waals surface area contributed by atoms with Gasteiger partial charge >= 0.3 is 0 Å². The summed E-state index contributed by atoms with van der Waals surface area (Å²) in [7, 11) is -3.49. The quantitative estimate of drug-likeness (QED) is 0.818. The molecule has 0 atom stereocenters. The zero-order chi connectivity index (χ0) is 14.2. The van der Waals surface area contributed by atoms with Gasteiger partial charge in [-0.2, -0.15) is 9.40 Å². The summed E-state index contributed by atoms with van der Waals surface area (Å²) < 4.78 is 26.6. The molecule has 0 radical (unpaired) electrons. The summed E-state index contributed by atoms with van der Waals surface area (Å²) in [5.41, 5.74) is 0.534. The molecule has 2 aliphatic rings. The average Bonchev–Trinajstić information content (AvgIpc) is 3.12. The Balaban J connectivity index is 1.67. The minimum atomic E-state index is -3.49. The summed E-state index contributed by atoms with van der Waals surface area (Å²) in [6, 6.07) is 0. The minimum Gasteiger partial charge on any atom is -0.300 e. The molecule has 0 unspecified atom stereocenters. The second-order valence-electron chi connectivity index (χ2n) is 5.51. The normalized spacial score (nSPS) is 22.2. The summed E-state index contributed by atoms with van der Waals surface area (Å²) >= 11 is 5.75. The van der Waals surface area contributed by atoms with Crippen molar-refractivity contribution in [2.45, 2.75) is 23.7 Å². The molecule has 0 amide bonds. The van der Waals surface area contributed by atoms with Gasteiger partial charge in [0.15, 0.2) is 5.03 Å². The Hall–Kier alpha value is -0.630. The van der Waals surface area contributed by atoms with E-state index in [4.69, 9.17) is 11.6 Å². The Kier molecular flexibility index (Phi) is 4.03. The number of H-pyrrole nitrogens is 1. The van der Waals surface area contributed by atoms with Gasteiger partial charge < -0.3 is 4.90 Å². The van der Waals surface area contributed by atoms with Crippen LogP contribution in [-0.2, 0) is 15.9 Å². The van der Waals surface area contributed by atoms with E-state index >= 15 is 0 Å². The molecule has 3 rings (SSSR count). The fraction of sp³-hybridized carbons (Fsp3) is 0.750. The van der Waals surface area contributed by atoms with E-state index in [9.17, 15) is 8.42 Å². The van der Waals surface area contributed by atoms with Crippen molar-refractivity contribution in [1.29, 1.82) is 0 Å². The van der Waals surface area contributed by atoms with Crippen LogP contribution in [-0.4, -0.2) is 60.5 Å². The second kappa shape index (κ2) is 5.63. The summed E-state index contributed by atoms with van der Waals surface area (Å²) in [5, 5.41) is 6.50. The number of hydrogen-bond donors (Lipinski definition) is 1. The van der Waals surface area contributed by atoms with Gasteiger partial charge in [0, 0.05) is 38.3 Å². The smallest absolute Gasteiger partial charge is 0.260 e. The van der Waals surface area contributed by atoms with Gasteiger partial charge in [0.1, 0.15) is 0 Å². The van der Waals surface area contributed by atoms with E-state index in [1.54, 1.807) is 0 Å². The maximum atomic E-state index is 12.5. The van der Waals surface area contributed by atoms with Crippen molar-refractivity contribution in [1.82, 2.24) is 19.4 Å². The summed E-state index contributed by atoms with van der Waals surface area (Å²) in [5.74, 6) is 0.987. The lowest BCUT2D eigenvalue weighted by Gasteiger charge is -2.33. The molecule has 2 fully saturated rings. The van der Waals surface area contributed by atoms with Crippen LogP contribution >= 0.6 is 11.6 Å². The summed E-state index contributed by atoms with van der Waals surface area (Å²) in [6.07, 6.45) is 4.13. The molecule has 0 spiro atoms. The molecule has 8 heteroatoms. The van der Waals surface area contributed by atoms with Crippen LogP contribution in [0.5, 0.6) is 0 Å². The molecule has 1 N–H and O–H groups in total. The van der Waals surface area contributed by atoms with E-state index < -0.39 is 10.0 Å². The number of nitrogens with zero attached hydrogens (tertiary/aromatic N) is 3. The largest absolute Gasteiger partial charge is 0.300 e. The van der Waals surface area contributed by atoms with Gasteiger partial charge in [0.05, 0.1) is 12.1 Å². The number of halogens is 1. The van der Waals surface area contributed by atoms with Crippen LogP contribution in [0.15, 0.2) is 11.2 Å². The lowest BCUT2D eigenvalue weighted by molar-refractivity contribution is 0.182. The van der Waals surface area contributed by atoms with Crippen molar-refractivity contribution >= 4 is 21.6 Å². The van der Waals surface area contributed by atoms with Crippen LogP contribution in [0.2, 0.25) is 0 Å². The van der Waals surface area contributed by atoms with Crippen LogP contribution < -0.4 is 0 Å². The average molecular weight is 319 g/mol. The third kappa shape index (κ3) is 2.86. The predicted octanol–water partition coefficient (Wildman–Crippen LogP) is 0.865. The minimum absolute atomic E-state index is 0.142. The van der Waals surface area contributed by atoms with Crippen molar-refractivity contribution in [3.8, 4) is 0 Å². The molecule has 0 bridgehead atoms. The predicted molar refractivity (Wildman–Crippen MR) is 76.1 cm³/mol. The van der Waals surface area contributed by atoms with E-state index in [-0.39, 0.29) is 10.9 Å². The number of aromatic amines is 1. The number of alkyl halides is 1. The Labute approximate surface area is 124 Å². The lowest BCUT2D eigenvalue weighted by Crippen LogP contribution is -2.49. The molecule has 1 saturated carbocycles. The third-order valence-electron chi connectivity index (χ3n) is 3.96. The van der Waals surface area contributed by atoms with Gasteiger partial charge in [0.2, 0.25) is 0 Å². The first-order chi connectivity index (χ1) is 9.61. The molecule has 2 heterocycles. The van der Waals surface area contributed by atoms with Crippen molar-refractivity contribution in [3.63, 3.8) is 0 Å². The molecule has 20 heavy (non-hydrogen) atoms. The summed E-state index contributed by atoms with van der Waals surface area (Å²) in [6.45, 7) is 3.80. The fourth-order valence-electron chi connectivity index (χ4n) is 2.56. The second-order valence-corrected chi connectivity index (χ2v) is 7.65. The maximum absolute atomic E-state index is 12.5. The van der Waals surface area contributed by atoms with Crippen molar-refractivity contribution in [3.05, 3.63) is 11.8 Å². The maximum Gasteiger partial charge on any atom is 0.260 e. The first kappa shape index (κ1) is 14.3. The van der Waals surface area contributed by atoms with E-state index in [1.165, 1.54) is 23.3 Å². The molecule has 112 valence electrons. The Morgan fingerprint density at radius 3 is 2.60 bits per heavy atom. The molecule has 6 nitrogen and oxygen atoms in total. The van der Waals surface area contributed by atoms with Gasteiger partial charge in [-0.25, -0.2) is 8.42 Å². The van der Waals surface area contributed by atoms with E-state index in [0.29, 0.717) is 18.7 Å². The molecular formula is C12H19ClN4O2S. The van der Waals surface area contributed by atoms with Gasteiger partial charge in [-0.1, -0.05) is 0 Å². The monoisotopic (exact) mass is 318 g/mol. The van der Waals surface area contributed by atoms with Crippen molar-refractivity contribution in [2.75, 3.05) is 32.7 Å². The number of aromatic nitrogens is 2. The highest BCUT2D eigenvalue weighted by Crippen LogP contribution is 2.30. The highest BCUT2D eigenvalue weighted by atomic mass is 35.5. The number of hydrogen-bond acceptors (Lipinski definition) is 4. The molecule has 0 aromatic carbocycles. The lowest BCUT2D eigenvalue weighted by atomic mass is 10.3. The van der Waals surface area contributed by atoms with Crippen LogP contribution in [0.4, 0.5) is 0 Å². The van der Waals surface area contributed by atoms with Crippen LogP contribution in [0, 0.1) is 5.92 Å². The molecule has 1 aliphatic carbocycles.